The molecule has 1 heterocycles. The Morgan fingerprint density at radius 2 is 2.13 bits per heavy atom. The smallest absolute Gasteiger partial charge is 0.129 e. The fourth-order valence-corrected chi connectivity index (χ4v) is 2.60. The largest absolute Gasteiger partial charge is 0.300 e. The second kappa shape index (κ2) is 6.26. The lowest BCUT2D eigenvalue weighted by Crippen LogP contribution is -2.35. The van der Waals surface area contributed by atoms with E-state index in [1.54, 1.807) is 6.92 Å². The first kappa shape index (κ1) is 12.7. The minimum absolute atomic E-state index is 0.335. The third-order valence-electron chi connectivity index (χ3n) is 3.40. The number of likely N-dealkylation sites (tertiary alicyclic amines) is 1. The van der Waals surface area contributed by atoms with E-state index in [1.807, 2.05) is 0 Å². The van der Waals surface area contributed by atoms with E-state index in [2.05, 4.69) is 18.7 Å². The van der Waals surface area contributed by atoms with Crippen molar-refractivity contribution in [2.75, 3.05) is 6.54 Å². The molecule has 0 aromatic rings. The SMILES string of the molecule is CC(=O)CCCC[C@@H]1CCCN1C(C)C. The van der Waals surface area contributed by atoms with Gasteiger partial charge in [0.25, 0.3) is 0 Å². The summed E-state index contributed by atoms with van der Waals surface area (Å²) >= 11 is 0. The first-order valence-electron chi connectivity index (χ1n) is 6.36. The second-order valence-corrected chi connectivity index (χ2v) is 5.08. The monoisotopic (exact) mass is 211 g/mol. The summed E-state index contributed by atoms with van der Waals surface area (Å²) in [4.78, 5) is 13.4. The lowest BCUT2D eigenvalue weighted by molar-refractivity contribution is -0.117. The Labute approximate surface area is 94.0 Å². The highest BCUT2D eigenvalue weighted by atomic mass is 16.1. The summed E-state index contributed by atoms with van der Waals surface area (Å²) in [5.41, 5.74) is 0. The van der Waals surface area contributed by atoms with E-state index in [0.29, 0.717) is 11.8 Å². The minimum atomic E-state index is 0.335. The van der Waals surface area contributed by atoms with Crippen LogP contribution in [0.15, 0.2) is 0 Å². The average molecular weight is 211 g/mol. The molecule has 0 spiro atoms. The fourth-order valence-electron chi connectivity index (χ4n) is 2.60. The van der Waals surface area contributed by atoms with Crippen LogP contribution in [0.2, 0.25) is 0 Å². The van der Waals surface area contributed by atoms with Crippen LogP contribution < -0.4 is 0 Å². The lowest BCUT2D eigenvalue weighted by Gasteiger charge is -2.28. The standard InChI is InChI=1S/C13H25NO/c1-11(2)14-10-6-9-13(14)8-5-4-7-12(3)15/h11,13H,4-10H2,1-3H3/t13-/m1/s1. The molecule has 1 aliphatic rings. The van der Waals surface area contributed by atoms with Crippen LogP contribution in [0.4, 0.5) is 0 Å². The molecule has 2 heteroatoms. The van der Waals surface area contributed by atoms with Gasteiger partial charge in [-0.3, -0.25) is 4.90 Å². The molecule has 1 atom stereocenters. The number of carbonyl (C=O) groups excluding carboxylic acids is 1. The Morgan fingerprint density at radius 1 is 1.40 bits per heavy atom. The summed E-state index contributed by atoms with van der Waals surface area (Å²) in [5.74, 6) is 0.335. The Balaban J connectivity index is 2.17. The zero-order chi connectivity index (χ0) is 11.3. The quantitative estimate of drug-likeness (QED) is 0.629. The second-order valence-electron chi connectivity index (χ2n) is 5.08. The summed E-state index contributed by atoms with van der Waals surface area (Å²) < 4.78 is 0. The Kier molecular flexibility index (Phi) is 5.30. The van der Waals surface area contributed by atoms with Gasteiger partial charge in [-0.05, 0) is 53.0 Å². The molecule has 0 bridgehead atoms. The maximum absolute atomic E-state index is 10.8. The molecule has 88 valence electrons. The zero-order valence-corrected chi connectivity index (χ0v) is 10.5. The van der Waals surface area contributed by atoms with E-state index in [0.717, 1.165) is 18.9 Å². The van der Waals surface area contributed by atoms with Gasteiger partial charge in [-0.15, -0.1) is 0 Å². The molecule has 15 heavy (non-hydrogen) atoms. The van der Waals surface area contributed by atoms with Gasteiger partial charge >= 0.3 is 0 Å². The summed E-state index contributed by atoms with van der Waals surface area (Å²) in [6.45, 7) is 7.53. The van der Waals surface area contributed by atoms with Gasteiger partial charge in [0.1, 0.15) is 5.78 Å². The van der Waals surface area contributed by atoms with E-state index in [4.69, 9.17) is 0 Å². The first-order valence-corrected chi connectivity index (χ1v) is 6.36. The number of Topliss-reactive ketones (excluding diaryl/α,β-unsaturated/α-hetero) is 1. The van der Waals surface area contributed by atoms with Crippen molar-refractivity contribution in [3.8, 4) is 0 Å². The van der Waals surface area contributed by atoms with Gasteiger partial charge in [-0.1, -0.05) is 6.42 Å². The Morgan fingerprint density at radius 3 is 2.73 bits per heavy atom. The summed E-state index contributed by atoms with van der Waals surface area (Å²) in [6.07, 6.45) is 7.07. The number of hydrogen-bond donors (Lipinski definition) is 0. The van der Waals surface area contributed by atoms with Gasteiger partial charge in [-0.25, -0.2) is 0 Å². The molecule has 1 saturated heterocycles. The van der Waals surface area contributed by atoms with Crippen molar-refractivity contribution < 1.29 is 4.79 Å². The predicted octanol–water partition coefficient (Wildman–Crippen LogP) is 3.01. The first-order chi connectivity index (χ1) is 7.11. The molecule has 2 nitrogen and oxygen atoms in total. The number of nitrogens with zero attached hydrogens (tertiary/aromatic N) is 1. The summed E-state index contributed by atoms with van der Waals surface area (Å²) in [7, 11) is 0. The van der Waals surface area contributed by atoms with Crippen LogP contribution in [0, 0.1) is 0 Å². The topological polar surface area (TPSA) is 20.3 Å². The molecule has 0 N–H and O–H groups in total. The van der Waals surface area contributed by atoms with E-state index in [1.165, 1.54) is 32.2 Å². The average Bonchev–Trinajstić information content (AvgIpc) is 2.60. The van der Waals surface area contributed by atoms with Crippen LogP contribution in [0.5, 0.6) is 0 Å². The molecule has 0 saturated carbocycles. The van der Waals surface area contributed by atoms with E-state index in [-0.39, 0.29) is 0 Å². The molecule has 1 fully saturated rings. The van der Waals surface area contributed by atoms with Gasteiger partial charge in [-0.2, -0.15) is 0 Å². The Bertz CT molecular complexity index is 201. The fraction of sp³-hybridized carbons (Fsp3) is 0.923. The van der Waals surface area contributed by atoms with Gasteiger partial charge in [0.2, 0.25) is 0 Å². The molecule has 1 aliphatic heterocycles. The van der Waals surface area contributed by atoms with Crippen molar-refractivity contribution in [1.29, 1.82) is 0 Å². The molecule has 0 unspecified atom stereocenters. The number of carbonyl (C=O) groups is 1. The van der Waals surface area contributed by atoms with Crippen LogP contribution >= 0.6 is 0 Å². The van der Waals surface area contributed by atoms with Crippen molar-refractivity contribution in [2.24, 2.45) is 0 Å². The normalized spacial score (nSPS) is 22.5. The van der Waals surface area contributed by atoms with Crippen LogP contribution in [0.3, 0.4) is 0 Å². The van der Waals surface area contributed by atoms with Gasteiger partial charge < -0.3 is 4.79 Å². The van der Waals surface area contributed by atoms with E-state index < -0.39 is 0 Å². The molecule has 0 aliphatic carbocycles. The molecule has 0 amide bonds. The minimum Gasteiger partial charge on any atom is -0.300 e. The zero-order valence-electron chi connectivity index (χ0n) is 10.5. The van der Waals surface area contributed by atoms with E-state index in [9.17, 15) is 4.79 Å². The van der Waals surface area contributed by atoms with Gasteiger partial charge in [0, 0.05) is 18.5 Å². The van der Waals surface area contributed by atoms with Crippen molar-refractivity contribution in [3.63, 3.8) is 0 Å². The number of hydrogen-bond acceptors (Lipinski definition) is 2. The molecule has 0 aromatic heterocycles. The van der Waals surface area contributed by atoms with Crippen molar-refractivity contribution in [1.82, 2.24) is 4.90 Å². The summed E-state index contributed by atoms with van der Waals surface area (Å²) in [6, 6.07) is 1.47. The molecular formula is C13H25NO. The Hall–Kier alpha value is -0.370. The highest BCUT2D eigenvalue weighted by Crippen LogP contribution is 2.24. The van der Waals surface area contributed by atoms with Crippen LogP contribution in [0.1, 0.15) is 59.3 Å². The van der Waals surface area contributed by atoms with Crippen molar-refractivity contribution in [2.45, 2.75) is 71.4 Å². The van der Waals surface area contributed by atoms with Crippen molar-refractivity contribution in [3.05, 3.63) is 0 Å². The third kappa shape index (κ3) is 4.33. The molecule has 0 aromatic carbocycles. The van der Waals surface area contributed by atoms with Gasteiger partial charge in [0.15, 0.2) is 0 Å². The summed E-state index contributed by atoms with van der Waals surface area (Å²) in [5, 5.41) is 0. The maximum Gasteiger partial charge on any atom is 0.129 e. The highest BCUT2D eigenvalue weighted by Gasteiger charge is 2.25. The van der Waals surface area contributed by atoms with Crippen LogP contribution in [-0.2, 0) is 4.79 Å². The highest BCUT2D eigenvalue weighted by molar-refractivity contribution is 5.75. The molecular weight excluding hydrogens is 186 g/mol. The molecule has 1 rings (SSSR count). The molecule has 0 radical (unpaired) electrons. The number of unbranched alkanes of at least 4 members (excludes halogenated alkanes) is 1. The van der Waals surface area contributed by atoms with Crippen LogP contribution in [-0.4, -0.2) is 29.3 Å². The number of rotatable bonds is 6. The maximum atomic E-state index is 10.8. The van der Waals surface area contributed by atoms with Gasteiger partial charge in [0.05, 0.1) is 0 Å². The van der Waals surface area contributed by atoms with Crippen LogP contribution in [0.25, 0.3) is 0 Å². The lowest BCUT2D eigenvalue weighted by atomic mass is 10.0. The predicted molar refractivity (Wildman–Crippen MR) is 64.0 cm³/mol. The van der Waals surface area contributed by atoms with Crippen molar-refractivity contribution >= 4 is 5.78 Å². The number of ketones is 1. The third-order valence-corrected chi connectivity index (χ3v) is 3.40. The van der Waals surface area contributed by atoms with E-state index >= 15 is 0 Å².